The first kappa shape index (κ1) is 40.8. The lowest BCUT2D eigenvalue weighted by molar-refractivity contribution is -0.133. The van der Waals surface area contributed by atoms with Crippen molar-refractivity contribution in [3.05, 3.63) is 106 Å². The Bertz CT molecular complexity index is 2480. The first-order valence-electron chi connectivity index (χ1n) is 20.9. The molecular weight excluding hydrogens is 764 g/mol. The van der Waals surface area contributed by atoms with Gasteiger partial charge in [0.2, 0.25) is 17.8 Å². The van der Waals surface area contributed by atoms with Gasteiger partial charge in [0, 0.05) is 43.6 Å². The maximum atomic E-state index is 15.3. The second kappa shape index (κ2) is 17.0. The van der Waals surface area contributed by atoms with Gasteiger partial charge in [0.05, 0.1) is 17.9 Å². The van der Waals surface area contributed by atoms with Crippen LogP contribution in [0.3, 0.4) is 0 Å². The first-order valence-corrected chi connectivity index (χ1v) is 20.9. The van der Waals surface area contributed by atoms with E-state index in [1.54, 1.807) is 48.9 Å². The van der Waals surface area contributed by atoms with Crippen LogP contribution in [0.15, 0.2) is 78.2 Å². The Hall–Kier alpha value is -5.93. The summed E-state index contributed by atoms with van der Waals surface area (Å²) in [5, 5.41) is 19.7. The molecule has 2 amide bonds. The molecule has 3 aliphatic heterocycles. The van der Waals surface area contributed by atoms with E-state index in [0.717, 1.165) is 64.1 Å². The molecule has 0 saturated carbocycles. The zero-order valence-electron chi connectivity index (χ0n) is 34.5. The van der Waals surface area contributed by atoms with Gasteiger partial charge in [0.1, 0.15) is 22.8 Å². The average molecular weight is 817 g/mol. The maximum absolute atomic E-state index is 15.3. The van der Waals surface area contributed by atoms with E-state index in [0.29, 0.717) is 58.1 Å². The number of piperidine rings is 3. The summed E-state index contributed by atoms with van der Waals surface area (Å²) in [6.45, 7) is 14.3. The van der Waals surface area contributed by atoms with E-state index >= 15 is 4.39 Å². The van der Waals surface area contributed by atoms with Crippen LogP contribution >= 0.6 is 0 Å². The van der Waals surface area contributed by atoms with Gasteiger partial charge in [-0.2, -0.15) is 4.98 Å². The number of hydrogen-bond acceptors (Lipinski definition) is 11. The zero-order valence-corrected chi connectivity index (χ0v) is 34.5. The number of fused-ring (bicyclic) bond motifs is 1. The molecule has 3 saturated heterocycles. The predicted molar refractivity (Wildman–Crippen MR) is 230 cm³/mol. The Balaban J connectivity index is 0.855. The van der Waals surface area contributed by atoms with Crippen LogP contribution in [-0.4, -0.2) is 84.9 Å². The number of carbonyl (C=O) groups is 2. The number of aliphatic hydroxyl groups is 1. The number of carbonyl (C=O) groups excluding carboxylic acids is 2. The van der Waals surface area contributed by atoms with Crippen molar-refractivity contribution >= 4 is 45.9 Å². The second-order valence-electron chi connectivity index (χ2n) is 16.9. The summed E-state index contributed by atoms with van der Waals surface area (Å²) in [7, 11) is 0. The molecule has 2 aromatic carbocycles. The van der Waals surface area contributed by atoms with Crippen molar-refractivity contribution in [2.24, 2.45) is 5.92 Å². The Morgan fingerprint density at radius 3 is 2.43 bits per heavy atom. The van der Waals surface area contributed by atoms with Crippen molar-refractivity contribution in [2.45, 2.75) is 83.4 Å². The quantitative estimate of drug-likeness (QED) is 0.0878. The lowest BCUT2D eigenvalue weighted by Gasteiger charge is -2.38. The van der Waals surface area contributed by atoms with E-state index in [-0.39, 0.29) is 36.2 Å². The molecule has 6 heterocycles. The number of nitrogens with one attached hydrogen (secondary N) is 3. The fraction of sp³-hybridized carbons (Fsp3) is 0.422. The molecule has 15 heteroatoms. The molecule has 314 valence electrons. The molecule has 5 aromatic rings. The number of pyridine rings is 1. The average Bonchev–Trinajstić information content (AvgIpc) is 3.49. The minimum absolute atomic E-state index is 0.237. The van der Waals surface area contributed by atoms with Gasteiger partial charge in [0.15, 0.2) is 11.5 Å². The fourth-order valence-corrected chi connectivity index (χ4v) is 8.86. The topological polar surface area (TPSA) is 163 Å². The Morgan fingerprint density at radius 1 is 0.967 bits per heavy atom. The highest BCUT2D eigenvalue weighted by Gasteiger charge is 2.29. The number of aromatic nitrogens is 5. The number of hydrogen-bond donors (Lipinski definition) is 4. The summed E-state index contributed by atoms with van der Waals surface area (Å²) in [6.07, 6.45) is 8.01. The number of halogens is 1. The molecule has 3 aliphatic rings. The maximum Gasteiger partial charge on any atom is 0.278 e. The van der Waals surface area contributed by atoms with Gasteiger partial charge < -0.3 is 25.5 Å². The van der Waals surface area contributed by atoms with Crippen molar-refractivity contribution in [1.29, 1.82) is 0 Å². The molecule has 8 rings (SSSR count). The number of imide groups is 1. The van der Waals surface area contributed by atoms with Crippen LogP contribution in [0.2, 0.25) is 0 Å². The summed E-state index contributed by atoms with van der Waals surface area (Å²) >= 11 is 0. The first-order chi connectivity index (χ1) is 28.8. The number of likely N-dealkylation sites (tertiary alicyclic amines) is 1. The summed E-state index contributed by atoms with van der Waals surface area (Å²) in [5.74, 6) is 0.858. The lowest BCUT2D eigenvalue weighted by Crippen LogP contribution is -2.47. The predicted octanol–water partition coefficient (Wildman–Crippen LogP) is 5.89. The third kappa shape index (κ3) is 8.68. The van der Waals surface area contributed by atoms with Crippen LogP contribution in [0.1, 0.15) is 75.1 Å². The van der Waals surface area contributed by atoms with E-state index in [4.69, 9.17) is 4.98 Å². The largest absolute Gasteiger partial charge is 0.384 e. The van der Waals surface area contributed by atoms with Crippen LogP contribution in [0.25, 0.3) is 16.9 Å². The van der Waals surface area contributed by atoms with E-state index < -0.39 is 11.6 Å². The smallest absolute Gasteiger partial charge is 0.278 e. The van der Waals surface area contributed by atoms with Crippen molar-refractivity contribution < 1.29 is 19.1 Å². The molecular formula is C45H53FN10O4. The van der Waals surface area contributed by atoms with Gasteiger partial charge in [-0.05, 0) is 131 Å². The highest BCUT2D eigenvalue weighted by atomic mass is 19.1. The van der Waals surface area contributed by atoms with E-state index in [1.165, 1.54) is 28.1 Å². The fourth-order valence-electron chi connectivity index (χ4n) is 8.86. The normalized spacial score (nSPS) is 18.5. The Labute approximate surface area is 348 Å². The molecule has 0 bridgehead atoms. The zero-order chi connectivity index (χ0) is 42.1. The number of allylic oxidation sites excluding steroid dienone is 1. The third-order valence-electron chi connectivity index (χ3n) is 12.1. The molecule has 0 spiro atoms. The summed E-state index contributed by atoms with van der Waals surface area (Å²) in [5.41, 5.74) is 3.93. The van der Waals surface area contributed by atoms with Gasteiger partial charge in [0.25, 0.3) is 5.56 Å². The van der Waals surface area contributed by atoms with Crippen LogP contribution in [0, 0.1) is 18.7 Å². The summed E-state index contributed by atoms with van der Waals surface area (Å²) in [6, 6.07) is 16.2. The monoisotopic (exact) mass is 816 g/mol. The molecule has 0 aliphatic carbocycles. The highest BCUT2D eigenvalue weighted by Crippen LogP contribution is 2.34. The van der Waals surface area contributed by atoms with Gasteiger partial charge in [-0.15, -0.1) is 6.58 Å². The minimum atomic E-state index is -1.17. The van der Waals surface area contributed by atoms with Gasteiger partial charge in [-0.25, -0.2) is 23.7 Å². The van der Waals surface area contributed by atoms with E-state index in [9.17, 15) is 19.5 Å². The number of aryl methyl sites for hydroxylation is 1. The minimum Gasteiger partial charge on any atom is -0.384 e. The van der Waals surface area contributed by atoms with Crippen molar-refractivity contribution in [3.63, 3.8) is 0 Å². The molecule has 3 aromatic heterocycles. The van der Waals surface area contributed by atoms with E-state index in [1.807, 2.05) is 6.07 Å². The van der Waals surface area contributed by atoms with Crippen molar-refractivity contribution in [2.75, 3.05) is 48.3 Å². The van der Waals surface area contributed by atoms with Gasteiger partial charge in [-0.3, -0.25) is 19.7 Å². The number of rotatable bonds is 12. The third-order valence-corrected chi connectivity index (χ3v) is 12.1. The van der Waals surface area contributed by atoms with Crippen molar-refractivity contribution in [1.82, 2.24) is 34.5 Å². The Morgan fingerprint density at radius 2 is 1.73 bits per heavy atom. The summed E-state index contributed by atoms with van der Waals surface area (Å²) in [4.78, 5) is 55.7. The molecule has 14 nitrogen and oxygen atoms in total. The molecule has 1 atom stereocenters. The highest BCUT2D eigenvalue weighted by molar-refractivity contribution is 6.01. The van der Waals surface area contributed by atoms with Crippen LogP contribution in [0.4, 0.5) is 27.4 Å². The Kier molecular flexibility index (Phi) is 11.6. The number of benzene rings is 2. The van der Waals surface area contributed by atoms with Gasteiger partial charge in [-0.1, -0.05) is 18.2 Å². The summed E-state index contributed by atoms with van der Waals surface area (Å²) < 4.78 is 18.4. The lowest BCUT2D eigenvalue weighted by atomic mass is 9.86. The molecule has 60 heavy (non-hydrogen) atoms. The van der Waals surface area contributed by atoms with Crippen molar-refractivity contribution in [3.8, 4) is 5.82 Å². The standard InChI is InChI=1S/C45H53FN10O4/c1-5-19-55-43(59)34-26-47-44(52-41(34)56(55)39-8-6-7-38(50-39)45(3,4)60)49-31-9-11-33(28(2)24-31)30-17-20-53(21-18-30)27-29-15-22-54(23-16-29)37-13-10-32(25-35(37)46)48-36-12-14-40(57)51-42(36)58/h5-11,13,24-26,29-30,36,48,60H,1,12,14-23,27H2,2-4H3,(H,47,49,52)(H,51,57,58). The number of anilines is 4. The van der Waals surface area contributed by atoms with E-state index in [2.05, 4.69) is 67.4 Å². The van der Waals surface area contributed by atoms with Crippen LogP contribution < -0.4 is 26.4 Å². The molecule has 1 unspecified atom stereocenters. The van der Waals surface area contributed by atoms with Crippen LogP contribution in [-0.2, 0) is 21.7 Å². The van der Waals surface area contributed by atoms with Gasteiger partial charge >= 0.3 is 0 Å². The molecule has 0 radical (unpaired) electrons. The number of nitrogens with zero attached hydrogens (tertiary/aromatic N) is 7. The molecule has 3 fully saturated rings. The SMILES string of the molecule is C=CCn1c(=O)c2cnc(Nc3ccc(C4CCN(CC5CCN(c6ccc(NC7CCC(=O)NC7=O)cc6F)CC5)CC4)c(C)c3)nc2n1-c1cccc(C(C)(C)O)n1. The molecule has 4 N–H and O–H groups in total. The second-order valence-corrected chi connectivity index (χ2v) is 16.9. The number of amides is 2. The van der Waals surface area contributed by atoms with Crippen LogP contribution in [0.5, 0.6) is 0 Å².